The van der Waals surface area contributed by atoms with Crippen LogP contribution in [0, 0.1) is 0 Å². The fourth-order valence-electron chi connectivity index (χ4n) is 2.85. The quantitative estimate of drug-likeness (QED) is 0.896. The van der Waals surface area contributed by atoms with E-state index in [0.29, 0.717) is 41.1 Å². The number of benzene rings is 1. The molecule has 0 spiro atoms. The van der Waals surface area contributed by atoms with Gasteiger partial charge in [0.05, 0.1) is 11.2 Å². The molecular formula is C17H19Cl2N3O2. The summed E-state index contributed by atoms with van der Waals surface area (Å²) in [6, 6.07) is 5.27. The number of nitrogens with two attached hydrogens (primary N) is 1. The lowest BCUT2D eigenvalue weighted by Gasteiger charge is -2.30. The van der Waals surface area contributed by atoms with Crippen LogP contribution in [-0.4, -0.2) is 34.9 Å². The summed E-state index contributed by atoms with van der Waals surface area (Å²) >= 11 is 12.1. The van der Waals surface area contributed by atoms with Crippen molar-refractivity contribution in [1.29, 1.82) is 0 Å². The summed E-state index contributed by atoms with van der Waals surface area (Å²) in [6.45, 7) is 1.42. The van der Waals surface area contributed by atoms with Gasteiger partial charge in [-0.1, -0.05) is 23.2 Å². The first-order valence-electron chi connectivity index (χ1n) is 7.96. The van der Waals surface area contributed by atoms with Crippen LogP contribution in [0.5, 0.6) is 0 Å². The van der Waals surface area contributed by atoms with Crippen molar-refractivity contribution in [3.63, 3.8) is 0 Å². The van der Waals surface area contributed by atoms with Crippen LogP contribution in [-0.2, 0) is 11.2 Å². The first-order valence-corrected chi connectivity index (χ1v) is 8.72. The molecule has 24 heavy (non-hydrogen) atoms. The Morgan fingerprint density at radius 2 is 2.25 bits per heavy atom. The van der Waals surface area contributed by atoms with Gasteiger partial charge in [-0.25, -0.2) is 4.98 Å². The van der Waals surface area contributed by atoms with Crippen molar-refractivity contribution in [3.8, 4) is 11.3 Å². The van der Waals surface area contributed by atoms with Crippen molar-refractivity contribution in [3.05, 3.63) is 40.3 Å². The van der Waals surface area contributed by atoms with E-state index in [-0.39, 0.29) is 11.9 Å². The Balaban J connectivity index is 1.61. The van der Waals surface area contributed by atoms with Crippen molar-refractivity contribution in [2.45, 2.75) is 31.7 Å². The summed E-state index contributed by atoms with van der Waals surface area (Å²) in [5, 5.41) is 1.07. The highest BCUT2D eigenvalue weighted by atomic mass is 35.5. The third-order valence-electron chi connectivity index (χ3n) is 4.11. The number of oxazole rings is 1. The summed E-state index contributed by atoms with van der Waals surface area (Å²) in [7, 11) is 0. The van der Waals surface area contributed by atoms with Crippen molar-refractivity contribution in [1.82, 2.24) is 9.88 Å². The molecule has 0 bridgehead atoms. The minimum atomic E-state index is 0.0862. The molecule has 0 aliphatic carbocycles. The monoisotopic (exact) mass is 367 g/mol. The van der Waals surface area contributed by atoms with Crippen LogP contribution in [0.25, 0.3) is 11.3 Å². The molecule has 0 saturated carbocycles. The van der Waals surface area contributed by atoms with Crippen molar-refractivity contribution in [2.75, 3.05) is 13.1 Å². The molecule has 1 unspecified atom stereocenters. The molecule has 1 aromatic carbocycles. The smallest absolute Gasteiger partial charge is 0.223 e. The zero-order chi connectivity index (χ0) is 17.1. The van der Waals surface area contributed by atoms with Crippen LogP contribution in [0.15, 0.2) is 28.8 Å². The van der Waals surface area contributed by atoms with Crippen LogP contribution in [0.2, 0.25) is 10.0 Å². The van der Waals surface area contributed by atoms with Gasteiger partial charge in [0.25, 0.3) is 0 Å². The molecule has 7 heteroatoms. The maximum atomic E-state index is 12.3. The summed E-state index contributed by atoms with van der Waals surface area (Å²) in [5.41, 5.74) is 6.65. The summed E-state index contributed by atoms with van der Waals surface area (Å²) < 4.78 is 5.72. The van der Waals surface area contributed by atoms with Gasteiger partial charge in [0.2, 0.25) is 5.91 Å². The fraction of sp³-hybridized carbons (Fsp3) is 0.412. The molecule has 1 saturated heterocycles. The Morgan fingerprint density at radius 1 is 1.42 bits per heavy atom. The maximum Gasteiger partial charge on any atom is 0.223 e. The Bertz CT molecular complexity index is 732. The van der Waals surface area contributed by atoms with E-state index in [1.807, 2.05) is 4.90 Å². The number of aromatic nitrogens is 1. The highest BCUT2D eigenvalue weighted by Gasteiger charge is 2.21. The number of nitrogens with zero attached hydrogens (tertiary/aromatic N) is 2. The first-order chi connectivity index (χ1) is 11.5. The number of likely N-dealkylation sites (tertiary alicyclic amines) is 1. The van der Waals surface area contributed by atoms with Crippen molar-refractivity contribution < 1.29 is 9.21 Å². The number of halogens is 2. The first kappa shape index (κ1) is 17.3. The lowest BCUT2D eigenvalue weighted by atomic mass is 10.1. The van der Waals surface area contributed by atoms with Gasteiger partial charge >= 0.3 is 0 Å². The van der Waals surface area contributed by atoms with Crippen LogP contribution < -0.4 is 5.73 Å². The number of carbonyl (C=O) groups is 1. The Morgan fingerprint density at radius 3 is 3.00 bits per heavy atom. The molecule has 128 valence electrons. The summed E-state index contributed by atoms with van der Waals surface area (Å²) in [6.07, 6.45) is 4.38. The topological polar surface area (TPSA) is 72.4 Å². The van der Waals surface area contributed by atoms with E-state index in [2.05, 4.69) is 4.98 Å². The lowest BCUT2D eigenvalue weighted by Crippen LogP contribution is -2.45. The standard InChI is InChI=1S/C17H19Cl2N3O2/c18-11-3-4-13(14(19)8-11)15-9-21-16(24-15)5-6-17(23)22-7-1-2-12(20)10-22/h3-4,8-9,12H,1-2,5-7,10,20H2. The molecule has 2 aromatic rings. The zero-order valence-corrected chi connectivity index (χ0v) is 14.7. The Kier molecular flexibility index (Phi) is 5.43. The van der Waals surface area contributed by atoms with Gasteiger partial charge in [-0.15, -0.1) is 0 Å². The minimum absolute atomic E-state index is 0.0862. The molecule has 1 aromatic heterocycles. The molecule has 5 nitrogen and oxygen atoms in total. The second kappa shape index (κ2) is 7.55. The summed E-state index contributed by atoms with van der Waals surface area (Å²) in [5.74, 6) is 1.18. The molecule has 1 fully saturated rings. The largest absolute Gasteiger partial charge is 0.441 e. The van der Waals surface area contributed by atoms with Gasteiger partial charge in [-0.2, -0.15) is 0 Å². The molecule has 1 atom stereocenters. The van der Waals surface area contributed by atoms with Gasteiger partial charge in [-0.3, -0.25) is 4.79 Å². The van der Waals surface area contributed by atoms with E-state index in [9.17, 15) is 4.79 Å². The molecule has 1 aliphatic rings. The number of amides is 1. The van der Waals surface area contributed by atoms with E-state index in [1.165, 1.54) is 0 Å². The maximum absolute atomic E-state index is 12.3. The van der Waals surface area contributed by atoms with Crippen molar-refractivity contribution in [2.24, 2.45) is 5.73 Å². The molecule has 1 aliphatic heterocycles. The van der Waals surface area contributed by atoms with Gasteiger partial charge in [-0.05, 0) is 31.0 Å². The van der Waals surface area contributed by atoms with Gasteiger partial charge in [0, 0.05) is 42.6 Å². The van der Waals surface area contributed by atoms with E-state index in [4.69, 9.17) is 33.4 Å². The highest BCUT2D eigenvalue weighted by molar-refractivity contribution is 6.36. The van der Waals surface area contributed by atoms with Crippen LogP contribution >= 0.6 is 23.2 Å². The SMILES string of the molecule is NC1CCCN(C(=O)CCc2ncc(-c3ccc(Cl)cc3Cl)o2)C1. The molecule has 2 heterocycles. The van der Waals surface area contributed by atoms with E-state index < -0.39 is 0 Å². The number of carbonyl (C=O) groups excluding carboxylic acids is 1. The minimum Gasteiger partial charge on any atom is -0.441 e. The van der Waals surface area contributed by atoms with Crippen LogP contribution in [0.1, 0.15) is 25.2 Å². The van der Waals surface area contributed by atoms with E-state index in [1.54, 1.807) is 24.4 Å². The van der Waals surface area contributed by atoms with Crippen molar-refractivity contribution >= 4 is 29.1 Å². The predicted octanol–water partition coefficient (Wildman–Crippen LogP) is 3.53. The number of aryl methyl sites for hydroxylation is 1. The number of hydrogen-bond donors (Lipinski definition) is 1. The fourth-order valence-corrected chi connectivity index (χ4v) is 3.35. The Hall–Kier alpha value is -1.56. The molecule has 2 N–H and O–H groups in total. The number of rotatable bonds is 4. The second-order valence-electron chi connectivity index (χ2n) is 5.98. The normalized spacial score (nSPS) is 18.0. The number of piperidine rings is 1. The molecule has 1 amide bonds. The number of hydrogen-bond acceptors (Lipinski definition) is 4. The third kappa shape index (κ3) is 4.09. The molecule has 3 rings (SSSR count). The average Bonchev–Trinajstić information content (AvgIpc) is 3.01. The Labute approximate surface area is 150 Å². The van der Waals surface area contributed by atoms with E-state index in [0.717, 1.165) is 24.9 Å². The molecule has 0 radical (unpaired) electrons. The van der Waals surface area contributed by atoms with E-state index >= 15 is 0 Å². The van der Waals surface area contributed by atoms with Crippen LogP contribution in [0.4, 0.5) is 0 Å². The zero-order valence-electron chi connectivity index (χ0n) is 13.2. The summed E-state index contributed by atoms with van der Waals surface area (Å²) in [4.78, 5) is 18.3. The highest BCUT2D eigenvalue weighted by Crippen LogP contribution is 2.30. The predicted molar refractivity (Wildman–Crippen MR) is 94.1 cm³/mol. The van der Waals surface area contributed by atoms with Gasteiger partial charge in [0.1, 0.15) is 0 Å². The van der Waals surface area contributed by atoms with Gasteiger partial charge in [0.15, 0.2) is 11.7 Å². The molecular weight excluding hydrogens is 349 g/mol. The van der Waals surface area contributed by atoms with Gasteiger partial charge < -0.3 is 15.1 Å². The third-order valence-corrected chi connectivity index (χ3v) is 4.66. The second-order valence-corrected chi connectivity index (χ2v) is 6.83. The van der Waals surface area contributed by atoms with Crippen LogP contribution in [0.3, 0.4) is 0 Å². The lowest BCUT2D eigenvalue weighted by molar-refractivity contribution is -0.132. The average molecular weight is 368 g/mol.